The van der Waals surface area contributed by atoms with E-state index in [1.165, 1.54) is 12.1 Å². The van der Waals surface area contributed by atoms with Crippen molar-refractivity contribution < 1.29 is 17.9 Å². The predicted molar refractivity (Wildman–Crippen MR) is 65.9 cm³/mol. The summed E-state index contributed by atoms with van der Waals surface area (Å²) in [6.07, 6.45) is -3.18. The van der Waals surface area contributed by atoms with Gasteiger partial charge in [-0.3, -0.25) is 4.98 Å². The smallest absolute Gasteiger partial charge is 0.406 e. The molecule has 0 radical (unpaired) electrons. The van der Waals surface area contributed by atoms with Gasteiger partial charge in [-0.25, -0.2) is 0 Å². The molecule has 0 atom stereocenters. The first-order valence-electron chi connectivity index (χ1n) is 4.78. The van der Waals surface area contributed by atoms with E-state index in [1.807, 2.05) is 0 Å². The summed E-state index contributed by atoms with van der Waals surface area (Å²) in [7, 11) is 0. The van der Waals surface area contributed by atoms with Crippen molar-refractivity contribution in [1.29, 1.82) is 0 Å². The van der Waals surface area contributed by atoms with Gasteiger partial charge in [0, 0.05) is 16.1 Å². The summed E-state index contributed by atoms with van der Waals surface area (Å²) in [5.74, 6) is -0.337. The summed E-state index contributed by atoms with van der Waals surface area (Å²) in [4.78, 5) is 4.11. The van der Waals surface area contributed by atoms with E-state index in [0.717, 1.165) is 0 Å². The average molecular weight is 341 g/mol. The lowest BCUT2D eigenvalue weighted by molar-refractivity contribution is -0.274. The number of hydrogen-bond donors (Lipinski definition) is 0. The molecule has 1 heterocycles. The van der Waals surface area contributed by atoms with Crippen LogP contribution in [0.25, 0.3) is 10.9 Å². The molecule has 1 aromatic carbocycles. The normalized spacial score (nSPS) is 11.9. The molecule has 7 heteroatoms. The molecule has 0 unspecified atom stereocenters. The first kappa shape index (κ1) is 13.4. The Hall–Kier alpha value is -1.01. The molecule has 0 saturated heterocycles. The molecule has 2 aromatic rings. The summed E-state index contributed by atoms with van der Waals surface area (Å²) in [6.45, 7) is 1.72. The van der Waals surface area contributed by atoms with Crippen LogP contribution in [0.15, 0.2) is 22.8 Å². The number of alkyl halides is 3. The van der Waals surface area contributed by atoms with Gasteiger partial charge >= 0.3 is 6.36 Å². The second kappa shape index (κ2) is 4.59. The second-order valence-corrected chi connectivity index (χ2v) is 4.84. The number of ether oxygens (including phenoxy) is 1. The highest BCUT2D eigenvalue weighted by molar-refractivity contribution is 9.10. The highest BCUT2D eigenvalue weighted by atomic mass is 79.9. The molecule has 0 N–H and O–H groups in total. The number of benzene rings is 1. The van der Waals surface area contributed by atoms with E-state index in [2.05, 4.69) is 25.7 Å². The van der Waals surface area contributed by atoms with Crippen LogP contribution in [0.4, 0.5) is 13.2 Å². The molecule has 0 saturated carbocycles. The van der Waals surface area contributed by atoms with Crippen molar-refractivity contribution in [3.05, 3.63) is 33.4 Å². The van der Waals surface area contributed by atoms with Crippen LogP contribution < -0.4 is 4.74 Å². The van der Waals surface area contributed by atoms with Crippen molar-refractivity contribution in [2.24, 2.45) is 0 Å². The van der Waals surface area contributed by atoms with E-state index in [-0.39, 0.29) is 5.75 Å². The lowest BCUT2D eigenvalue weighted by atomic mass is 10.1. The first-order valence-corrected chi connectivity index (χ1v) is 5.95. The van der Waals surface area contributed by atoms with Crippen molar-refractivity contribution in [3.63, 3.8) is 0 Å². The van der Waals surface area contributed by atoms with Crippen LogP contribution in [-0.2, 0) is 0 Å². The Kier molecular flexibility index (Phi) is 3.42. The van der Waals surface area contributed by atoms with Gasteiger partial charge in [-0.05, 0) is 40.5 Å². The van der Waals surface area contributed by atoms with Crippen molar-refractivity contribution in [2.45, 2.75) is 13.3 Å². The quantitative estimate of drug-likeness (QED) is 0.740. The Labute approximate surface area is 114 Å². The lowest BCUT2D eigenvalue weighted by Gasteiger charge is -2.11. The van der Waals surface area contributed by atoms with Crippen molar-refractivity contribution in [1.82, 2.24) is 4.98 Å². The third-order valence-corrected chi connectivity index (χ3v) is 3.35. The number of halogens is 5. The Morgan fingerprint density at radius 1 is 1.33 bits per heavy atom. The number of rotatable bonds is 1. The number of aromatic nitrogens is 1. The Morgan fingerprint density at radius 3 is 2.61 bits per heavy atom. The molecule has 2 nitrogen and oxygen atoms in total. The fourth-order valence-electron chi connectivity index (χ4n) is 1.50. The molecule has 96 valence electrons. The van der Waals surface area contributed by atoms with Crippen molar-refractivity contribution in [3.8, 4) is 5.75 Å². The molecule has 0 aliphatic rings. The molecular formula is C11H6BrClF3NO. The SMILES string of the molecule is Cc1cnc2c(Br)cc(OC(F)(F)F)cc2c1Cl. The highest BCUT2D eigenvalue weighted by Gasteiger charge is 2.31. The number of aryl methyl sites for hydroxylation is 1. The summed E-state index contributed by atoms with van der Waals surface area (Å²) in [5.41, 5.74) is 1.17. The average Bonchev–Trinajstić information content (AvgIpc) is 2.21. The zero-order valence-corrected chi connectivity index (χ0v) is 11.3. The zero-order valence-electron chi connectivity index (χ0n) is 8.98. The van der Waals surface area contributed by atoms with Gasteiger partial charge in [0.2, 0.25) is 0 Å². The first-order chi connectivity index (χ1) is 8.28. The molecule has 0 bridgehead atoms. The van der Waals surface area contributed by atoms with Gasteiger partial charge in [0.1, 0.15) is 5.75 Å². The third kappa shape index (κ3) is 2.70. The molecule has 0 fully saturated rings. The lowest BCUT2D eigenvalue weighted by Crippen LogP contribution is -2.17. The topological polar surface area (TPSA) is 22.1 Å². The fraction of sp³-hybridized carbons (Fsp3) is 0.182. The van der Waals surface area contributed by atoms with E-state index >= 15 is 0 Å². The van der Waals surface area contributed by atoms with Crippen LogP contribution in [-0.4, -0.2) is 11.3 Å². The number of hydrogen-bond acceptors (Lipinski definition) is 2. The van der Waals surface area contributed by atoms with Crippen LogP contribution in [0.5, 0.6) is 5.75 Å². The van der Waals surface area contributed by atoms with E-state index in [1.54, 1.807) is 13.1 Å². The van der Waals surface area contributed by atoms with E-state index in [0.29, 0.717) is 26.0 Å². The second-order valence-electron chi connectivity index (χ2n) is 3.60. The van der Waals surface area contributed by atoms with Crippen molar-refractivity contribution in [2.75, 3.05) is 0 Å². The van der Waals surface area contributed by atoms with Crippen molar-refractivity contribution >= 4 is 38.4 Å². The zero-order chi connectivity index (χ0) is 13.5. The van der Waals surface area contributed by atoms with Crippen LogP contribution in [0, 0.1) is 6.92 Å². The monoisotopic (exact) mass is 339 g/mol. The maximum absolute atomic E-state index is 12.2. The molecule has 18 heavy (non-hydrogen) atoms. The minimum atomic E-state index is -4.74. The van der Waals surface area contributed by atoms with Gasteiger partial charge in [0.25, 0.3) is 0 Å². The molecular weight excluding hydrogens is 334 g/mol. The number of nitrogens with zero attached hydrogens (tertiary/aromatic N) is 1. The minimum Gasteiger partial charge on any atom is -0.406 e. The van der Waals surface area contributed by atoms with Crippen LogP contribution in [0.2, 0.25) is 5.02 Å². The Bertz CT molecular complexity index is 615. The van der Waals surface area contributed by atoms with Gasteiger partial charge in [-0.1, -0.05) is 11.6 Å². The number of pyridine rings is 1. The summed E-state index contributed by atoms with van der Waals surface area (Å²) in [5, 5.41) is 0.763. The molecule has 2 rings (SSSR count). The number of fused-ring (bicyclic) bond motifs is 1. The van der Waals surface area contributed by atoms with E-state index in [4.69, 9.17) is 11.6 Å². The summed E-state index contributed by atoms with van der Waals surface area (Å²) >= 11 is 9.19. The Morgan fingerprint density at radius 2 is 2.00 bits per heavy atom. The summed E-state index contributed by atoms with van der Waals surface area (Å²) < 4.78 is 40.8. The van der Waals surface area contributed by atoms with Gasteiger partial charge in [0.05, 0.1) is 10.5 Å². The van der Waals surface area contributed by atoms with E-state index < -0.39 is 6.36 Å². The van der Waals surface area contributed by atoms with Crippen LogP contribution >= 0.6 is 27.5 Å². The van der Waals surface area contributed by atoms with Gasteiger partial charge < -0.3 is 4.74 Å². The molecule has 0 amide bonds. The largest absolute Gasteiger partial charge is 0.573 e. The maximum Gasteiger partial charge on any atom is 0.573 e. The Balaban J connectivity index is 2.63. The maximum atomic E-state index is 12.2. The molecule has 0 spiro atoms. The van der Waals surface area contributed by atoms with Gasteiger partial charge in [-0.2, -0.15) is 0 Å². The van der Waals surface area contributed by atoms with E-state index in [9.17, 15) is 13.2 Å². The van der Waals surface area contributed by atoms with Gasteiger partial charge in [0.15, 0.2) is 0 Å². The molecule has 0 aliphatic carbocycles. The predicted octanol–water partition coefficient (Wildman–Crippen LogP) is 4.86. The minimum absolute atomic E-state index is 0.337. The molecule has 1 aromatic heterocycles. The van der Waals surface area contributed by atoms with Crippen LogP contribution in [0.3, 0.4) is 0 Å². The fourth-order valence-corrected chi connectivity index (χ4v) is 2.23. The van der Waals surface area contributed by atoms with Gasteiger partial charge in [-0.15, -0.1) is 13.2 Å². The standard InChI is InChI=1S/C11H6BrClF3NO/c1-5-4-17-10-7(9(5)13)2-6(3-8(10)12)18-11(14,15)16/h2-4H,1H3. The van der Waals surface area contributed by atoms with Crippen LogP contribution in [0.1, 0.15) is 5.56 Å². The summed E-state index contributed by atoms with van der Waals surface area (Å²) in [6, 6.07) is 2.42. The molecule has 0 aliphatic heterocycles. The third-order valence-electron chi connectivity index (χ3n) is 2.24. The highest BCUT2D eigenvalue weighted by Crippen LogP contribution is 2.35.